The number of carbonyl (C=O) groups is 1. The molecular formula is C19H20N4O3. The Bertz CT molecular complexity index is 843. The Hall–Kier alpha value is -2.93. The molecule has 3 N–H and O–H groups in total. The maximum atomic E-state index is 12.4. The number of piperidine rings is 1. The molecule has 0 aromatic heterocycles. The normalized spacial score (nSPS) is 24.1. The van der Waals surface area contributed by atoms with Crippen molar-refractivity contribution < 1.29 is 9.72 Å². The average molecular weight is 352 g/mol. The number of hydrogen-bond acceptors (Lipinski definition) is 5. The van der Waals surface area contributed by atoms with Gasteiger partial charge in [-0.3, -0.25) is 19.8 Å². The lowest BCUT2D eigenvalue weighted by atomic mass is 10.1. The van der Waals surface area contributed by atoms with Crippen molar-refractivity contribution >= 4 is 17.3 Å². The highest BCUT2D eigenvalue weighted by Gasteiger charge is 2.56. The number of nitrogens with zero attached hydrogens (tertiary/aromatic N) is 2. The quantitative estimate of drug-likeness (QED) is 0.487. The van der Waals surface area contributed by atoms with Crippen LogP contribution < -0.4 is 11.1 Å². The van der Waals surface area contributed by atoms with E-state index in [0.29, 0.717) is 11.8 Å². The molecule has 7 nitrogen and oxygen atoms in total. The first-order chi connectivity index (χ1) is 12.5. The molecule has 134 valence electrons. The molecule has 0 bridgehead atoms. The maximum Gasteiger partial charge on any atom is 0.292 e. The number of fused-ring (bicyclic) bond motifs is 1. The van der Waals surface area contributed by atoms with E-state index in [-0.39, 0.29) is 28.9 Å². The average Bonchev–Trinajstić information content (AvgIpc) is 3.07. The first-order valence-electron chi connectivity index (χ1n) is 8.64. The van der Waals surface area contributed by atoms with Gasteiger partial charge in [-0.2, -0.15) is 0 Å². The van der Waals surface area contributed by atoms with Crippen molar-refractivity contribution in [2.75, 3.05) is 18.8 Å². The van der Waals surface area contributed by atoms with Crippen LogP contribution in [0.4, 0.5) is 11.4 Å². The lowest BCUT2D eigenvalue weighted by molar-refractivity contribution is -0.383. The number of rotatable bonds is 5. The molecule has 1 amide bonds. The standard InChI is InChI=1S/C19H20N4O3/c20-16-7-6-13(8-17(16)23(25)26)19(24)21-18-14-10-22(11-15(14)18)9-12-4-2-1-3-5-12/h1-8,14-15,18H,9-11,20H2,(H,21,24). The lowest BCUT2D eigenvalue weighted by Crippen LogP contribution is -2.34. The summed E-state index contributed by atoms with van der Waals surface area (Å²) in [5, 5.41) is 14.0. The van der Waals surface area contributed by atoms with Crippen LogP contribution in [0, 0.1) is 22.0 Å². The van der Waals surface area contributed by atoms with Gasteiger partial charge < -0.3 is 11.1 Å². The summed E-state index contributed by atoms with van der Waals surface area (Å²) in [6.07, 6.45) is 0. The largest absolute Gasteiger partial charge is 0.393 e. The van der Waals surface area contributed by atoms with E-state index in [1.165, 1.54) is 23.8 Å². The molecule has 0 radical (unpaired) electrons. The molecule has 0 spiro atoms. The maximum absolute atomic E-state index is 12.4. The minimum atomic E-state index is -0.570. The molecule has 1 aliphatic heterocycles. The number of nitro groups is 1. The van der Waals surface area contributed by atoms with E-state index in [0.717, 1.165) is 19.6 Å². The number of nitro benzene ring substituents is 1. The van der Waals surface area contributed by atoms with Crippen LogP contribution in [0.2, 0.25) is 0 Å². The van der Waals surface area contributed by atoms with Crippen molar-refractivity contribution in [3.8, 4) is 0 Å². The zero-order chi connectivity index (χ0) is 18.3. The van der Waals surface area contributed by atoms with Gasteiger partial charge in [-0.25, -0.2) is 0 Å². The van der Waals surface area contributed by atoms with Crippen LogP contribution in [0.25, 0.3) is 0 Å². The SMILES string of the molecule is Nc1ccc(C(=O)NC2C3CN(Cc4ccccc4)CC32)cc1[N+](=O)[O-]. The van der Waals surface area contributed by atoms with Crippen molar-refractivity contribution in [1.29, 1.82) is 0 Å². The second-order valence-electron chi connectivity index (χ2n) is 7.04. The number of benzene rings is 2. The van der Waals surface area contributed by atoms with Gasteiger partial charge in [0.05, 0.1) is 4.92 Å². The van der Waals surface area contributed by atoms with E-state index < -0.39 is 4.92 Å². The van der Waals surface area contributed by atoms with Gasteiger partial charge in [-0.05, 0) is 29.5 Å². The molecular weight excluding hydrogens is 332 g/mol. The fourth-order valence-corrected chi connectivity index (χ4v) is 3.88. The number of hydrogen-bond donors (Lipinski definition) is 2. The molecule has 1 saturated carbocycles. The first-order valence-corrected chi connectivity index (χ1v) is 8.64. The van der Waals surface area contributed by atoms with E-state index in [2.05, 4.69) is 22.3 Å². The van der Waals surface area contributed by atoms with E-state index in [4.69, 9.17) is 5.73 Å². The third-order valence-electron chi connectivity index (χ3n) is 5.31. The van der Waals surface area contributed by atoms with Crippen molar-refractivity contribution in [3.05, 3.63) is 69.8 Å². The molecule has 7 heteroatoms. The number of carbonyl (C=O) groups excluding carboxylic acids is 1. The van der Waals surface area contributed by atoms with E-state index >= 15 is 0 Å². The summed E-state index contributed by atoms with van der Waals surface area (Å²) >= 11 is 0. The topological polar surface area (TPSA) is 102 Å². The van der Waals surface area contributed by atoms with Crippen LogP contribution in [0.3, 0.4) is 0 Å². The molecule has 1 aliphatic carbocycles. The molecule has 1 saturated heterocycles. The van der Waals surface area contributed by atoms with Crippen molar-refractivity contribution in [2.24, 2.45) is 11.8 Å². The number of likely N-dealkylation sites (tertiary alicyclic amines) is 1. The van der Waals surface area contributed by atoms with Gasteiger partial charge in [0, 0.05) is 37.3 Å². The highest BCUT2D eigenvalue weighted by molar-refractivity contribution is 5.96. The highest BCUT2D eigenvalue weighted by atomic mass is 16.6. The van der Waals surface area contributed by atoms with Crippen molar-refractivity contribution in [3.63, 3.8) is 0 Å². The van der Waals surface area contributed by atoms with Crippen LogP contribution in [0.1, 0.15) is 15.9 Å². The second-order valence-corrected chi connectivity index (χ2v) is 7.04. The van der Waals surface area contributed by atoms with Gasteiger partial charge in [-0.1, -0.05) is 30.3 Å². The molecule has 26 heavy (non-hydrogen) atoms. The van der Waals surface area contributed by atoms with Gasteiger partial charge in [0.1, 0.15) is 5.69 Å². The lowest BCUT2D eigenvalue weighted by Gasteiger charge is -2.20. The second kappa shape index (κ2) is 6.42. The van der Waals surface area contributed by atoms with Gasteiger partial charge in [-0.15, -0.1) is 0 Å². The van der Waals surface area contributed by atoms with Crippen LogP contribution >= 0.6 is 0 Å². The molecule has 2 atom stereocenters. The molecule has 4 rings (SSSR count). The number of amides is 1. The fourth-order valence-electron chi connectivity index (χ4n) is 3.88. The summed E-state index contributed by atoms with van der Waals surface area (Å²) in [6, 6.07) is 14.7. The molecule has 2 aromatic carbocycles. The molecule has 2 aromatic rings. The molecule has 1 heterocycles. The van der Waals surface area contributed by atoms with Crippen LogP contribution in [0.5, 0.6) is 0 Å². The van der Waals surface area contributed by atoms with Gasteiger partial charge in [0.15, 0.2) is 0 Å². The minimum Gasteiger partial charge on any atom is -0.393 e. The van der Waals surface area contributed by atoms with E-state index in [9.17, 15) is 14.9 Å². The zero-order valence-electron chi connectivity index (χ0n) is 14.2. The number of nitrogens with two attached hydrogens (primary N) is 1. The third-order valence-corrected chi connectivity index (χ3v) is 5.31. The highest BCUT2D eigenvalue weighted by Crippen LogP contribution is 2.46. The zero-order valence-corrected chi connectivity index (χ0v) is 14.2. The Morgan fingerprint density at radius 3 is 2.54 bits per heavy atom. The predicted molar refractivity (Wildman–Crippen MR) is 97.5 cm³/mol. The first kappa shape index (κ1) is 16.5. The van der Waals surface area contributed by atoms with Crippen LogP contribution in [-0.4, -0.2) is 34.9 Å². The van der Waals surface area contributed by atoms with Crippen molar-refractivity contribution in [1.82, 2.24) is 10.2 Å². The Morgan fingerprint density at radius 2 is 1.88 bits per heavy atom. The van der Waals surface area contributed by atoms with Crippen molar-refractivity contribution in [2.45, 2.75) is 12.6 Å². The van der Waals surface area contributed by atoms with E-state index in [1.54, 1.807) is 0 Å². The summed E-state index contributed by atoms with van der Waals surface area (Å²) in [5.41, 5.74) is 6.98. The van der Waals surface area contributed by atoms with Gasteiger partial charge in [0.2, 0.25) is 0 Å². The Balaban J connectivity index is 1.33. The third kappa shape index (κ3) is 3.13. The number of nitrogens with one attached hydrogen (secondary N) is 1. The summed E-state index contributed by atoms with van der Waals surface area (Å²) in [6.45, 7) is 2.86. The van der Waals surface area contributed by atoms with E-state index in [1.807, 2.05) is 18.2 Å². The Kier molecular flexibility index (Phi) is 4.08. The predicted octanol–water partition coefficient (Wildman–Crippen LogP) is 2.04. The molecule has 2 fully saturated rings. The Labute approximate surface area is 150 Å². The smallest absolute Gasteiger partial charge is 0.292 e. The van der Waals surface area contributed by atoms with Crippen LogP contribution in [0.15, 0.2) is 48.5 Å². The monoisotopic (exact) mass is 352 g/mol. The number of anilines is 1. The number of nitrogen functional groups attached to an aromatic ring is 1. The molecule has 2 aliphatic rings. The molecule has 2 unspecified atom stereocenters. The Morgan fingerprint density at radius 1 is 1.19 bits per heavy atom. The minimum absolute atomic E-state index is 0.0615. The van der Waals surface area contributed by atoms with Gasteiger partial charge in [0.25, 0.3) is 11.6 Å². The van der Waals surface area contributed by atoms with Gasteiger partial charge >= 0.3 is 0 Å². The summed E-state index contributed by atoms with van der Waals surface area (Å²) < 4.78 is 0. The van der Waals surface area contributed by atoms with Crippen LogP contribution in [-0.2, 0) is 6.54 Å². The fraction of sp³-hybridized carbons (Fsp3) is 0.316. The summed E-state index contributed by atoms with van der Waals surface area (Å²) in [4.78, 5) is 25.2. The summed E-state index contributed by atoms with van der Waals surface area (Å²) in [7, 11) is 0. The summed E-state index contributed by atoms with van der Waals surface area (Å²) in [5.74, 6) is 0.653.